The molecule has 0 aromatic carbocycles. The lowest BCUT2D eigenvalue weighted by atomic mass is 10.2. The van der Waals surface area contributed by atoms with Crippen LogP contribution in [0.15, 0.2) is 12.4 Å². The number of nitrogens with one attached hydrogen (secondary N) is 1. The molecule has 0 aliphatic carbocycles. The molecule has 0 fully saturated rings. The van der Waals surface area contributed by atoms with Gasteiger partial charge in [-0.1, -0.05) is 0 Å². The van der Waals surface area contributed by atoms with E-state index in [1.54, 1.807) is 6.20 Å². The number of nitrogens with two attached hydrogens (primary N) is 2. The molecule has 0 spiro atoms. The standard InChI is InChI=1S/C6H9N3/c1-4-2-9-3-5(7)6(4)8/h2-3H,7H2,1H3,(H2,8,9)/p+1. The fourth-order valence-corrected chi connectivity index (χ4v) is 0.640. The summed E-state index contributed by atoms with van der Waals surface area (Å²) < 4.78 is 0. The van der Waals surface area contributed by atoms with Crippen LogP contribution in [-0.4, -0.2) is 0 Å². The van der Waals surface area contributed by atoms with Gasteiger partial charge in [0.05, 0.1) is 5.69 Å². The number of nitrogen functional groups attached to an aromatic ring is 2. The molecule has 0 atom stereocenters. The van der Waals surface area contributed by atoms with Crippen molar-refractivity contribution in [3.8, 4) is 0 Å². The lowest BCUT2D eigenvalue weighted by Gasteiger charge is -1.95. The zero-order valence-corrected chi connectivity index (χ0v) is 5.31. The number of pyridine rings is 1. The highest BCUT2D eigenvalue weighted by atomic mass is 14.7. The summed E-state index contributed by atoms with van der Waals surface area (Å²) >= 11 is 0. The molecule has 1 aromatic rings. The predicted molar refractivity (Wildman–Crippen MR) is 36.6 cm³/mol. The van der Waals surface area contributed by atoms with Crippen molar-refractivity contribution in [3.63, 3.8) is 0 Å². The third kappa shape index (κ3) is 0.937. The van der Waals surface area contributed by atoms with Gasteiger partial charge in [-0.05, 0) is 6.92 Å². The summed E-state index contributed by atoms with van der Waals surface area (Å²) in [6.07, 6.45) is 3.48. The predicted octanol–water partition coefficient (Wildman–Crippen LogP) is -0.0265. The number of rotatable bonds is 0. The summed E-state index contributed by atoms with van der Waals surface area (Å²) in [5.41, 5.74) is 13.3. The van der Waals surface area contributed by atoms with Crippen LogP contribution in [0.25, 0.3) is 0 Å². The Balaban J connectivity index is 3.25. The smallest absolute Gasteiger partial charge is 0.192 e. The maximum absolute atomic E-state index is 5.54. The van der Waals surface area contributed by atoms with Crippen molar-refractivity contribution in [3.05, 3.63) is 18.0 Å². The van der Waals surface area contributed by atoms with E-state index in [0.29, 0.717) is 11.4 Å². The third-order valence-electron chi connectivity index (χ3n) is 1.27. The van der Waals surface area contributed by atoms with Crippen LogP contribution >= 0.6 is 0 Å². The second-order valence-electron chi connectivity index (χ2n) is 2.01. The third-order valence-corrected chi connectivity index (χ3v) is 1.27. The number of anilines is 2. The molecule has 1 rings (SSSR count). The maximum Gasteiger partial charge on any atom is 0.192 e. The van der Waals surface area contributed by atoms with Crippen molar-refractivity contribution in [1.29, 1.82) is 0 Å². The molecule has 0 unspecified atom stereocenters. The molecular weight excluding hydrogens is 114 g/mol. The first kappa shape index (κ1) is 5.88. The lowest BCUT2D eigenvalue weighted by molar-refractivity contribution is -0.377. The normalized spacial score (nSPS) is 9.44. The molecule has 0 saturated heterocycles. The highest BCUT2D eigenvalue weighted by Crippen LogP contribution is 2.13. The number of hydrogen-bond acceptors (Lipinski definition) is 2. The monoisotopic (exact) mass is 124 g/mol. The first-order chi connectivity index (χ1) is 4.22. The number of aromatic nitrogens is 1. The molecule has 3 heteroatoms. The van der Waals surface area contributed by atoms with Gasteiger partial charge in [0.2, 0.25) is 0 Å². The second kappa shape index (κ2) is 1.93. The first-order valence-corrected chi connectivity index (χ1v) is 2.73. The Bertz CT molecular complexity index is 199. The van der Waals surface area contributed by atoms with Gasteiger partial charge in [0.25, 0.3) is 0 Å². The lowest BCUT2D eigenvalue weighted by Crippen LogP contribution is -2.07. The molecule has 0 bridgehead atoms. The highest BCUT2D eigenvalue weighted by molar-refractivity contribution is 5.63. The summed E-state index contributed by atoms with van der Waals surface area (Å²) in [4.78, 5) is 2.86. The molecule has 9 heavy (non-hydrogen) atoms. The molecule has 0 aliphatic rings. The van der Waals surface area contributed by atoms with Crippen LogP contribution in [0.3, 0.4) is 0 Å². The van der Waals surface area contributed by atoms with Gasteiger partial charge in [-0.15, -0.1) is 0 Å². The van der Waals surface area contributed by atoms with E-state index < -0.39 is 0 Å². The van der Waals surface area contributed by atoms with E-state index in [2.05, 4.69) is 4.98 Å². The van der Waals surface area contributed by atoms with E-state index in [0.717, 1.165) is 5.56 Å². The molecule has 1 aromatic heterocycles. The molecule has 5 N–H and O–H groups in total. The van der Waals surface area contributed by atoms with Gasteiger partial charge in [-0.3, -0.25) is 0 Å². The Hall–Kier alpha value is -1.25. The summed E-state index contributed by atoms with van der Waals surface area (Å²) in [6.45, 7) is 1.90. The number of hydrogen-bond donors (Lipinski definition) is 2. The van der Waals surface area contributed by atoms with Crippen molar-refractivity contribution < 1.29 is 4.98 Å². The minimum absolute atomic E-state index is 0.606. The summed E-state index contributed by atoms with van der Waals surface area (Å²) in [5.74, 6) is 0. The van der Waals surface area contributed by atoms with Crippen LogP contribution in [0, 0.1) is 6.92 Å². The number of aromatic amines is 1. The van der Waals surface area contributed by atoms with E-state index in [9.17, 15) is 0 Å². The Morgan fingerprint density at radius 3 is 2.44 bits per heavy atom. The van der Waals surface area contributed by atoms with Gasteiger partial charge in [-0.25, -0.2) is 4.98 Å². The van der Waals surface area contributed by atoms with E-state index in [4.69, 9.17) is 11.5 Å². The summed E-state index contributed by atoms with van der Waals surface area (Å²) in [5, 5.41) is 0. The molecule has 48 valence electrons. The maximum atomic E-state index is 5.54. The van der Waals surface area contributed by atoms with E-state index in [-0.39, 0.29) is 0 Å². The fourth-order valence-electron chi connectivity index (χ4n) is 0.640. The van der Waals surface area contributed by atoms with Crippen LogP contribution in [0.1, 0.15) is 5.56 Å². The van der Waals surface area contributed by atoms with Gasteiger partial charge in [-0.2, -0.15) is 0 Å². The second-order valence-corrected chi connectivity index (χ2v) is 2.01. The van der Waals surface area contributed by atoms with Gasteiger partial charge in [0, 0.05) is 5.56 Å². The van der Waals surface area contributed by atoms with E-state index in [1.807, 2.05) is 13.1 Å². The molecule has 0 aliphatic heterocycles. The molecule has 0 radical (unpaired) electrons. The average Bonchev–Trinajstić information content (AvgIpc) is 1.83. The van der Waals surface area contributed by atoms with Gasteiger partial charge < -0.3 is 11.5 Å². The zero-order chi connectivity index (χ0) is 6.85. The van der Waals surface area contributed by atoms with Gasteiger partial charge >= 0.3 is 0 Å². The summed E-state index contributed by atoms with van der Waals surface area (Å²) in [6, 6.07) is 0. The Kier molecular flexibility index (Phi) is 1.26. The van der Waals surface area contributed by atoms with Crippen molar-refractivity contribution in [2.45, 2.75) is 6.92 Å². The molecule has 3 nitrogen and oxygen atoms in total. The highest BCUT2D eigenvalue weighted by Gasteiger charge is 1.99. The first-order valence-electron chi connectivity index (χ1n) is 2.73. The minimum atomic E-state index is 0.606. The van der Waals surface area contributed by atoms with Gasteiger partial charge in [0.1, 0.15) is 5.69 Å². The van der Waals surface area contributed by atoms with Crippen molar-refractivity contribution in [2.75, 3.05) is 11.5 Å². The molecule has 0 amide bonds. The van der Waals surface area contributed by atoms with E-state index >= 15 is 0 Å². The summed E-state index contributed by atoms with van der Waals surface area (Å²) in [7, 11) is 0. The largest absolute Gasteiger partial charge is 0.396 e. The quantitative estimate of drug-likeness (QED) is 0.510. The van der Waals surface area contributed by atoms with Crippen molar-refractivity contribution in [2.24, 2.45) is 0 Å². The van der Waals surface area contributed by atoms with Crippen molar-refractivity contribution in [1.82, 2.24) is 0 Å². The average molecular weight is 124 g/mol. The molecule has 0 saturated carbocycles. The molecule has 1 heterocycles. The van der Waals surface area contributed by atoms with Crippen LogP contribution < -0.4 is 16.5 Å². The SMILES string of the molecule is Cc1c[nH+]cc(N)c1N. The zero-order valence-electron chi connectivity index (χ0n) is 5.31. The Labute approximate surface area is 53.7 Å². The Morgan fingerprint density at radius 1 is 1.33 bits per heavy atom. The van der Waals surface area contributed by atoms with Crippen LogP contribution in [0.4, 0.5) is 11.4 Å². The van der Waals surface area contributed by atoms with Gasteiger partial charge in [0.15, 0.2) is 12.4 Å². The van der Waals surface area contributed by atoms with Crippen molar-refractivity contribution >= 4 is 11.4 Å². The number of H-pyrrole nitrogens is 1. The van der Waals surface area contributed by atoms with Crippen LogP contribution in [-0.2, 0) is 0 Å². The fraction of sp³-hybridized carbons (Fsp3) is 0.167. The minimum Gasteiger partial charge on any atom is -0.396 e. The Morgan fingerprint density at radius 2 is 2.00 bits per heavy atom. The topological polar surface area (TPSA) is 66.2 Å². The van der Waals surface area contributed by atoms with Crippen LogP contribution in [0.5, 0.6) is 0 Å². The van der Waals surface area contributed by atoms with E-state index in [1.165, 1.54) is 0 Å². The molecular formula is C6H10N3+. The van der Waals surface area contributed by atoms with Crippen LogP contribution in [0.2, 0.25) is 0 Å². The number of aryl methyl sites for hydroxylation is 1.